The second kappa shape index (κ2) is 7.20. The van der Waals surface area contributed by atoms with Gasteiger partial charge in [0.25, 0.3) is 0 Å². The number of nitrogens with one attached hydrogen (secondary N) is 2. The highest BCUT2D eigenvalue weighted by atomic mass is 79.9. The molecule has 110 valence electrons. The van der Waals surface area contributed by atoms with Gasteiger partial charge in [-0.2, -0.15) is 0 Å². The lowest BCUT2D eigenvalue weighted by molar-refractivity contribution is -0.123. The van der Waals surface area contributed by atoms with Gasteiger partial charge in [0.1, 0.15) is 0 Å². The van der Waals surface area contributed by atoms with Crippen LogP contribution >= 0.6 is 15.9 Å². The molecular weight excluding hydrogens is 320 g/mol. The molecule has 0 radical (unpaired) electrons. The Bertz CT molecular complexity index is 479. The van der Waals surface area contributed by atoms with Crippen LogP contribution in [0.2, 0.25) is 0 Å². The summed E-state index contributed by atoms with van der Waals surface area (Å²) in [7, 11) is 1.63. The fourth-order valence-corrected chi connectivity index (χ4v) is 3.17. The predicted molar refractivity (Wildman–Crippen MR) is 82.7 cm³/mol. The molecule has 1 aromatic carbocycles. The molecule has 5 heteroatoms. The van der Waals surface area contributed by atoms with Gasteiger partial charge in [0, 0.05) is 24.2 Å². The molecule has 0 saturated heterocycles. The third kappa shape index (κ3) is 3.59. The fourth-order valence-electron chi connectivity index (χ4n) is 2.59. The third-order valence-electron chi connectivity index (χ3n) is 3.66. The van der Waals surface area contributed by atoms with Crippen molar-refractivity contribution in [3.63, 3.8) is 0 Å². The van der Waals surface area contributed by atoms with E-state index in [9.17, 15) is 4.79 Å². The summed E-state index contributed by atoms with van der Waals surface area (Å²) in [5, 5.41) is 6.27. The second-order valence-corrected chi connectivity index (χ2v) is 5.93. The van der Waals surface area contributed by atoms with Crippen LogP contribution in [0.1, 0.15) is 30.5 Å². The highest BCUT2D eigenvalue weighted by Crippen LogP contribution is 2.35. The number of hydrogen-bond donors (Lipinski definition) is 2. The SMILES string of the molecule is COCCNC(=O)C(C)NC1CCc2c(Br)cccc21. The van der Waals surface area contributed by atoms with Gasteiger partial charge in [-0.25, -0.2) is 0 Å². The lowest BCUT2D eigenvalue weighted by Crippen LogP contribution is -2.44. The van der Waals surface area contributed by atoms with Gasteiger partial charge in [-0.1, -0.05) is 28.1 Å². The van der Waals surface area contributed by atoms with Crippen LogP contribution in [0.15, 0.2) is 22.7 Å². The molecule has 0 aliphatic heterocycles. The first-order valence-electron chi connectivity index (χ1n) is 6.93. The highest BCUT2D eigenvalue weighted by Gasteiger charge is 2.26. The van der Waals surface area contributed by atoms with Crippen molar-refractivity contribution in [2.75, 3.05) is 20.3 Å². The molecule has 4 nitrogen and oxygen atoms in total. The van der Waals surface area contributed by atoms with E-state index in [0.29, 0.717) is 13.2 Å². The molecule has 2 rings (SSSR count). The molecule has 0 aromatic heterocycles. The van der Waals surface area contributed by atoms with Crippen molar-refractivity contribution < 1.29 is 9.53 Å². The molecule has 1 aliphatic carbocycles. The summed E-state index contributed by atoms with van der Waals surface area (Å²) in [5.41, 5.74) is 2.66. The van der Waals surface area contributed by atoms with Crippen LogP contribution in [0.25, 0.3) is 0 Å². The molecule has 2 atom stereocenters. The van der Waals surface area contributed by atoms with Crippen molar-refractivity contribution in [2.45, 2.75) is 31.8 Å². The van der Waals surface area contributed by atoms with E-state index in [-0.39, 0.29) is 18.0 Å². The number of ether oxygens (including phenoxy) is 1. The minimum Gasteiger partial charge on any atom is -0.383 e. The van der Waals surface area contributed by atoms with Crippen molar-refractivity contribution in [3.8, 4) is 0 Å². The van der Waals surface area contributed by atoms with Gasteiger partial charge < -0.3 is 10.1 Å². The van der Waals surface area contributed by atoms with Gasteiger partial charge in [0.2, 0.25) is 5.91 Å². The summed E-state index contributed by atoms with van der Waals surface area (Å²) in [6, 6.07) is 6.31. The Balaban J connectivity index is 1.92. The fraction of sp³-hybridized carbons (Fsp3) is 0.533. The van der Waals surface area contributed by atoms with Crippen molar-refractivity contribution in [1.82, 2.24) is 10.6 Å². The van der Waals surface area contributed by atoms with Gasteiger partial charge >= 0.3 is 0 Å². The van der Waals surface area contributed by atoms with Crippen molar-refractivity contribution in [2.24, 2.45) is 0 Å². The topological polar surface area (TPSA) is 50.4 Å². The smallest absolute Gasteiger partial charge is 0.236 e. The third-order valence-corrected chi connectivity index (χ3v) is 4.41. The van der Waals surface area contributed by atoms with Crippen molar-refractivity contribution >= 4 is 21.8 Å². The lowest BCUT2D eigenvalue weighted by Gasteiger charge is -2.20. The predicted octanol–water partition coefficient (Wildman–Crippen LogP) is 2.18. The second-order valence-electron chi connectivity index (χ2n) is 5.07. The lowest BCUT2D eigenvalue weighted by atomic mass is 10.1. The Morgan fingerprint density at radius 2 is 2.35 bits per heavy atom. The Hall–Kier alpha value is -0.910. The highest BCUT2D eigenvalue weighted by molar-refractivity contribution is 9.10. The number of carbonyl (C=O) groups is 1. The van der Waals surface area contributed by atoms with Crippen LogP contribution < -0.4 is 10.6 Å². The molecule has 0 bridgehead atoms. The van der Waals surface area contributed by atoms with Crippen LogP contribution in [-0.2, 0) is 16.0 Å². The van der Waals surface area contributed by atoms with E-state index in [1.807, 2.05) is 13.0 Å². The number of amides is 1. The van der Waals surface area contributed by atoms with Gasteiger partial charge in [-0.15, -0.1) is 0 Å². The Morgan fingerprint density at radius 3 is 3.10 bits per heavy atom. The number of methoxy groups -OCH3 is 1. The average Bonchev–Trinajstić information content (AvgIpc) is 2.83. The summed E-state index contributed by atoms with van der Waals surface area (Å²) in [5.74, 6) is 0.0190. The maximum atomic E-state index is 11.9. The first-order valence-corrected chi connectivity index (χ1v) is 7.72. The summed E-state index contributed by atoms with van der Waals surface area (Å²) < 4.78 is 6.09. The molecule has 1 aliphatic rings. The van der Waals surface area contributed by atoms with E-state index in [0.717, 1.165) is 17.3 Å². The minimum absolute atomic E-state index is 0.0190. The molecule has 0 saturated carbocycles. The monoisotopic (exact) mass is 340 g/mol. The van der Waals surface area contributed by atoms with Crippen LogP contribution in [0.5, 0.6) is 0 Å². The largest absolute Gasteiger partial charge is 0.383 e. The Labute approximate surface area is 128 Å². The maximum Gasteiger partial charge on any atom is 0.236 e. The summed E-state index contributed by atoms with van der Waals surface area (Å²) in [6.45, 7) is 2.99. The first kappa shape index (κ1) is 15.5. The number of carbonyl (C=O) groups excluding carboxylic acids is 1. The Kier molecular flexibility index (Phi) is 5.57. The molecule has 0 heterocycles. The quantitative estimate of drug-likeness (QED) is 0.780. The van der Waals surface area contributed by atoms with Crippen LogP contribution in [0.4, 0.5) is 0 Å². The summed E-state index contributed by atoms with van der Waals surface area (Å²) in [4.78, 5) is 11.9. The number of fused-ring (bicyclic) bond motifs is 1. The number of benzene rings is 1. The molecule has 2 unspecified atom stereocenters. The van der Waals surface area contributed by atoms with E-state index in [4.69, 9.17) is 4.74 Å². The molecule has 2 N–H and O–H groups in total. The van der Waals surface area contributed by atoms with Gasteiger partial charge in [0.05, 0.1) is 12.6 Å². The standard InChI is InChI=1S/C15H21BrN2O2/c1-10(15(19)17-8-9-20-2)18-14-7-6-11-12(14)4-3-5-13(11)16/h3-5,10,14,18H,6-9H2,1-2H3,(H,17,19). The molecule has 1 aromatic rings. The number of rotatable bonds is 6. The molecule has 1 amide bonds. The molecule has 20 heavy (non-hydrogen) atoms. The van der Waals surface area contributed by atoms with E-state index in [1.165, 1.54) is 11.1 Å². The zero-order valence-corrected chi connectivity index (χ0v) is 13.5. The van der Waals surface area contributed by atoms with E-state index in [2.05, 4.69) is 38.7 Å². The van der Waals surface area contributed by atoms with Gasteiger partial charge in [-0.3, -0.25) is 10.1 Å². The van der Waals surface area contributed by atoms with Gasteiger partial charge in [0.15, 0.2) is 0 Å². The van der Waals surface area contributed by atoms with Crippen LogP contribution in [-0.4, -0.2) is 32.2 Å². The van der Waals surface area contributed by atoms with Crippen molar-refractivity contribution in [1.29, 1.82) is 0 Å². The summed E-state index contributed by atoms with van der Waals surface area (Å²) >= 11 is 3.59. The number of hydrogen-bond acceptors (Lipinski definition) is 3. The van der Waals surface area contributed by atoms with E-state index >= 15 is 0 Å². The summed E-state index contributed by atoms with van der Waals surface area (Å²) in [6.07, 6.45) is 2.08. The average molecular weight is 341 g/mol. The van der Waals surface area contributed by atoms with Crippen LogP contribution in [0, 0.1) is 0 Å². The molecule has 0 spiro atoms. The molecular formula is C15H21BrN2O2. The van der Waals surface area contributed by atoms with E-state index < -0.39 is 0 Å². The normalized spacial score (nSPS) is 18.6. The molecule has 0 fully saturated rings. The zero-order chi connectivity index (χ0) is 14.5. The maximum absolute atomic E-state index is 11.9. The van der Waals surface area contributed by atoms with Crippen LogP contribution in [0.3, 0.4) is 0 Å². The Morgan fingerprint density at radius 1 is 1.55 bits per heavy atom. The first-order chi connectivity index (χ1) is 9.63. The van der Waals surface area contributed by atoms with Crippen molar-refractivity contribution in [3.05, 3.63) is 33.8 Å². The van der Waals surface area contributed by atoms with Gasteiger partial charge in [-0.05, 0) is 37.0 Å². The number of halogens is 1. The minimum atomic E-state index is -0.207. The van der Waals surface area contributed by atoms with E-state index in [1.54, 1.807) is 7.11 Å². The zero-order valence-electron chi connectivity index (χ0n) is 11.9.